The number of nitrogens with one attached hydrogen (secondary N) is 1. The number of hydrogen-bond donors (Lipinski definition) is 1. The molecule has 0 amide bonds. The lowest BCUT2D eigenvalue weighted by atomic mass is 10.1. The van der Waals surface area contributed by atoms with Gasteiger partial charge in [-0.1, -0.05) is 0 Å². The Balaban J connectivity index is 2.10. The lowest BCUT2D eigenvalue weighted by molar-refractivity contribution is -0.384. The molecule has 0 saturated heterocycles. The summed E-state index contributed by atoms with van der Waals surface area (Å²) in [6.45, 7) is 0. The number of rotatable bonds is 2. The molecular weight excluding hydrogens is 301 g/mol. The highest BCUT2D eigenvalue weighted by atomic mass is 19.4. The van der Waals surface area contributed by atoms with Gasteiger partial charge >= 0.3 is 6.18 Å². The van der Waals surface area contributed by atoms with E-state index in [0.717, 1.165) is 12.3 Å². The van der Waals surface area contributed by atoms with Crippen LogP contribution in [0.5, 0.6) is 0 Å². The normalized spacial score (nSPS) is 11.8. The first kappa shape index (κ1) is 14.0. The number of nitro groups is 1. The molecule has 6 nitrogen and oxygen atoms in total. The van der Waals surface area contributed by atoms with Gasteiger partial charge in [-0.15, -0.1) is 0 Å². The first-order valence-corrected chi connectivity index (χ1v) is 6.02. The minimum absolute atomic E-state index is 0.130. The van der Waals surface area contributed by atoms with Gasteiger partial charge in [0.25, 0.3) is 5.69 Å². The van der Waals surface area contributed by atoms with Crippen molar-refractivity contribution >= 4 is 16.6 Å². The van der Waals surface area contributed by atoms with Crippen molar-refractivity contribution in [2.45, 2.75) is 6.18 Å². The van der Waals surface area contributed by atoms with Gasteiger partial charge in [0, 0.05) is 29.3 Å². The molecule has 1 aromatic carbocycles. The minimum atomic E-state index is -4.52. The third-order valence-electron chi connectivity index (χ3n) is 3.08. The van der Waals surface area contributed by atoms with Crippen molar-refractivity contribution < 1.29 is 18.1 Å². The van der Waals surface area contributed by atoms with Gasteiger partial charge in [0.2, 0.25) is 0 Å². The molecule has 2 aromatic heterocycles. The van der Waals surface area contributed by atoms with Crippen molar-refractivity contribution in [2.75, 3.05) is 0 Å². The van der Waals surface area contributed by atoms with Gasteiger partial charge in [-0.2, -0.15) is 18.3 Å². The average molecular weight is 308 g/mol. The second kappa shape index (κ2) is 4.79. The Hall–Kier alpha value is -2.97. The fourth-order valence-corrected chi connectivity index (χ4v) is 2.04. The van der Waals surface area contributed by atoms with Gasteiger partial charge < -0.3 is 0 Å². The molecule has 0 unspecified atom stereocenters. The number of fused-ring (bicyclic) bond motifs is 1. The summed E-state index contributed by atoms with van der Waals surface area (Å²) in [5.41, 5.74) is 0.0391. The van der Waals surface area contributed by atoms with Crippen LogP contribution in [0.1, 0.15) is 5.69 Å². The number of nitro benzene ring substituents is 1. The van der Waals surface area contributed by atoms with Crippen LogP contribution in [0.15, 0.2) is 36.5 Å². The van der Waals surface area contributed by atoms with Crippen LogP contribution in [0.2, 0.25) is 0 Å². The molecule has 3 rings (SSSR count). The predicted octanol–water partition coefficient (Wildman–Crippen LogP) is 3.55. The van der Waals surface area contributed by atoms with Crippen LogP contribution in [0.25, 0.3) is 22.2 Å². The molecular formula is C13H7F3N4O2. The Labute approximate surface area is 120 Å². The number of H-pyrrole nitrogens is 1. The highest BCUT2D eigenvalue weighted by Crippen LogP contribution is 2.31. The summed E-state index contributed by atoms with van der Waals surface area (Å²) in [4.78, 5) is 13.6. The smallest absolute Gasteiger partial charge is 0.277 e. The van der Waals surface area contributed by atoms with Gasteiger partial charge in [-0.05, 0) is 18.2 Å². The number of pyridine rings is 1. The quantitative estimate of drug-likeness (QED) is 0.579. The fraction of sp³-hybridized carbons (Fsp3) is 0.0769. The van der Waals surface area contributed by atoms with Crippen LogP contribution in [-0.2, 0) is 6.18 Å². The zero-order valence-corrected chi connectivity index (χ0v) is 10.8. The maximum atomic E-state index is 12.5. The Bertz CT molecular complexity index is 856. The summed E-state index contributed by atoms with van der Waals surface area (Å²) in [6.07, 6.45) is -3.48. The number of aromatic nitrogens is 3. The molecule has 9 heteroatoms. The molecule has 0 aliphatic carbocycles. The first-order chi connectivity index (χ1) is 10.4. The molecule has 2 heterocycles. The maximum Gasteiger partial charge on any atom is 0.433 e. The van der Waals surface area contributed by atoms with Crippen molar-refractivity contribution in [1.82, 2.24) is 15.2 Å². The summed E-state index contributed by atoms with van der Waals surface area (Å²) < 4.78 is 37.5. The molecule has 1 N–H and O–H groups in total. The number of halogens is 3. The van der Waals surface area contributed by atoms with E-state index in [-0.39, 0.29) is 5.69 Å². The summed E-state index contributed by atoms with van der Waals surface area (Å²) in [5, 5.41) is 17.9. The Morgan fingerprint density at radius 3 is 2.55 bits per heavy atom. The second-order valence-electron chi connectivity index (χ2n) is 4.49. The molecule has 0 radical (unpaired) electrons. The zero-order chi connectivity index (χ0) is 15.9. The molecule has 0 aliphatic rings. The molecule has 0 atom stereocenters. The number of hydrogen-bond acceptors (Lipinski definition) is 4. The van der Waals surface area contributed by atoms with Gasteiger partial charge in [-0.25, -0.2) is 0 Å². The zero-order valence-electron chi connectivity index (χ0n) is 10.8. The summed E-state index contributed by atoms with van der Waals surface area (Å²) >= 11 is 0. The Kier molecular flexibility index (Phi) is 3.05. The summed E-state index contributed by atoms with van der Waals surface area (Å²) in [5.74, 6) is 0. The van der Waals surface area contributed by atoms with E-state index in [4.69, 9.17) is 0 Å². The number of non-ortho nitro benzene ring substituents is 1. The van der Waals surface area contributed by atoms with E-state index < -0.39 is 16.8 Å². The summed E-state index contributed by atoms with van der Waals surface area (Å²) in [6, 6.07) is 6.18. The monoisotopic (exact) mass is 308 g/mol. The van der Waals surface area contributed by atoms with Gasteiger partial charge in [0.05, 0.1) is 10.4 Å². The number of nitrogens with zero attached hydrogens (tertiary/aromatic N) is 3. The van der Waals surface area contributed by atoms with E-state index in [1.54, 1.807) is 0 Å². The predicted molar refractivity (Wildman–Crippen MR) is 71.0 cm³/mol. The van der Waals surface area contributed by atoms with E-state index in [0.29, 0.717) is 22.2 Å². The van der Waals surface area contributed by atoms with E-state index in [1.807, 2.05) is 0 Å². The molecule has 22 heavy (non-hydrogen) atoms. The number of alkyl halides is 3. The number of benzene rings is 1. The van der Waals surface area contributed by atoms with Crippen LogP contribution >= 0.6 is 0 Å². The number of aromatic amines is 1. The molecule has 0 aliphatic heterocycles. The van der Waals surface area contributed by atoms with Crippen molar-refractivity contribution in [3.8, 4) is 11.3 Å². The standard InChI is InChI=1S/C13H7F3N4O2/c14-13(15,16)11-4-1-7(6-17-11)12-9-5-8(20(21)22)2-3-10(9)18-19-12/h1-6H,(H,18,19). The maximum absolute atomic E-state index is 12.5. The first-order valence-electron chi connectivity index (χ1n) is 6.02. The fourth-order valence-electron chi connectivity index (χ4n) is 2.04. The van der Waals surface area contributed by atoms with Crippen molar-refractivity contribution in [1.29, 1.82) is 0 Å². The molecule has 3 aromatic rings. The van der Waals surface area contributed by atoms with Crippen molar-refractivity contribution in [3.63, 3.8) is 0 Å². The summed E-state index contributed by atoms with van der Waals surface area (Å²) in [7, 11) is 0. The second-order valence-corrected chi connectivity index (χ2v) is 4.49. The third kappa shape index (κ3) is 2.36. The van der Waals surface area contributed by atoms with E-state index >= 15 is 0 Å². The molecule has 0 spiro atoms. The van der Waals surface area contributed by atoms with E-state index in [1.165, 1.54) is 24.3 Å². The van der Waals surface area contributed by atoms with Crippen molar-refractivity contribution in [2.24, 2.45) is 0 Å². The van der Waals surface area contributed by atoms with Crippen molar-refractivity contribution in [3.05, 3.63) is 52.3 Å². The lowest BCUT2D eigenvalue weighted by Gasteiger charge is -2.05. The largest absolute Gasteiger partial charge is 0.433 e. The highest BCUT2D eigenvalue weighted by Gasteiger charge is 2.32. The highest BCUT2D eigenvalue weighted by molar-refractivity contribution is 5.94. The SMILES string of the molecule is O=[N+]([O-])c1ccc2[nH]nc(-c3ccc(C(F)(F)F)nc3)c2c1. The Morgan fingerprint density at radius 1 is 1.18 bits per heavy atom. The van der Waals surface area contributed by atoms with Crippen LogP contribution < -0.4 is 0 Å². The van der Waals surface area contributed by atoms with Crippen LogP contribution in [-0.4, -0.2) is 20.1 Å². The van der Waals surface area contributed by atoms with Gasteiger partial charge in [-0.3, -0.25) is 20.2 Å². The topological polar surface area (TPSA) is 84.7 Å². The van der Waals surface area contributed by atoms with Gasteiger partial charge in [0.15, 0.2) is 0 Å². The molecule has 0 bridgehead atoms. The van der Waals surface area contributed by atoms with Crippen LogP contribution in [0.4, 0.5) is 18.9 Å². The molecule has 112 valence electrons. The van der Waals surface area contributed by atoms with Crippen LogP contribution in [0.3, 0.4) is 0 Å². The molecule has 0 saturated carbocycles. The Morgan fingerprint density at radius 2 is 1.95 bits per heavy atom. The van der Waals surface area contributed by atoms with Crippen LogP contribution in [0, 0.1) is 10.1 Å². The molecule has 0 fully saturated rings. The van der Waals surface area contributed by atoms with Gasteiger partial charge in [0.1, 0.15) is 11.4 Å². The lowest BCUT2D eigenvalue weighted by Crippen LogP contribution is -2.07. The van der Waals surface area contributed by atoms with E-state index in [9.17, 15) is 23.3 Å². The average Bonchev–Trinajstić information content (AvgIpc) is 2.89. The third-order valence-corrected chi connectivity index (χ3v) is 3.08. The van der Waals surface area contributed by atoms with E-state index in [2.05, 4.69) is 15.2 Å². The minimum Gasteiger partial charge on any atom is -0.277 e.